The summed E-state index contributed by atoms with van der Waals surface area (Å²) < 4.78 is 18.8. The zero-order chi connectivity index (χ0) is 13.0. The average Bonchev–Trinajstić information content (AvgIpc) is 2.85. The molecule has 3 nitrogen and oxygen atoms in total. The standard InChI is InChI=1S/C13H15ClFNO2/c14-9-3-4-12(15)11(8-9)13(17)16-6-5-10-2-1-7-18-10/h3-4,8,10H,1-2,5-7H2,(H,16,17)/t10-/m1/s1. The maximum absolute atomic E-state index is 13.4. The van der Waals surface area contributed by atoms with Gasteiger partial charge in [-0.3, -0.25) is 4.79 Å². The van der Waals surface area contributed by atoms with Gasteiger partial charge in [0.2, 0.25) is 0 Å². The van der Waals surface area contributed by atoms with Crippen LogP contribution >= 0.6 is 11.6 Å². The number of halogens is 2. The van der Waals surface area contributed by atoms with E-state index in [1.54, 1.807) is 0 Å². The third-order valence-corrected chi connectivity index (χ3v) is 3.18. The summed E-state index contributed by atoms with van der Waals surface area (Å²) in [5.41, 5.74) is -0.0187. The Balaban J connectivity index is 1.85. The molecule has 1 saturated heterocycles. The summed E-state index contributed by atoms with van der Waals surface area (Å²) in [7, 11) is 0. The molecule has 1 aliphatic heterocycles. The normalized spacial score (nSPS) is 18.9. The van der Waals surface area contributed by atoms with Crippen LogP contribution in [0, 0.1) is 5.82 Å². The smallest absolute Gasteiger partial charge is 0.254 e. The molecule has 1 N–H and O–H groups in total. The second-order valence-corrected chi connectivity index (χ2v) is 4.74. The first kappa shape index (κ1) is 13.3. The molecule has 2 rings (SSSR count). The van der Waals surface area contributed by atoms with E-state index in [2.05, 4.69) is 5.32 Å². The predicted molar refractivity (Wildman–Crippen MR) is 67.3 cm³/mol. The molecule has 0 saturated carbocycles. The van der Waals surface area contributed by atoms with Crippen LogP contribution in [0.4, 0.5) is 4.39 Å². The van der Waals surface area contributed by atoms with Crippen LogP contribution in [0.25, 0.3) is 0 Å². The Morgan fingerprint density at radius 2 is 2.39 bits per heavy atom. The van der Waals surface area contributed by atoms with Gasteiger partial charge in [-0.15, -0.1) is 0 Å². The van der Waals surface area contributed by atoms with Crippen molar-refractivity contribution in [2.45, 2.75) is 25.4 Å². The van der Waals surface area contributed by atoms with Gasteiger partial charge < -0.3 is 10.1 Å². The number of rotatable bonds is 4. The third-order valence-electron chi connectivity index (χ3n) is 2.95. The lowest BCUT2D eigenvalue weighted by Gasteiger charge is -2.10. The van der Waals surface area contributed by atoms with Crippen LogP contribution in [-0.4, -0.2) is 25.2 Å². The first-order chi connectivity index (χ1) is 8.66. The summed E-state index contributed by atoms with van der Waals surface area (Å²) in [6.07, 6.45) is 3.08. The maximum atomic E-state index is 13.4. The summed E-state index contributed by atoms with van der Waals surface area (Å²) in [5.74, 6) is -0.998. The SMILES string of the molecule is O=C(NCC[C@H]1CCCO1)c1cc(Cl)ccc1F. The van der Waals surface area contributed by atoms with Gasteiger partial charge in [0.05, 0.1) is 11.7 Å². The Morgan fingerprint density at radius 1 is 1.56 bits per heavy atom. The van der Waals surface area contributed by atoms with E-state index in [-0.39, 0.29) is 11.7 Å². The van der Waals surface area contributed by atoms with Crippen LogP contribution < -0.4 is 5.32 Å². The Labute approximate surface area is 110 Å². The van der Waals surface area contributed by atoms with E-state index in [1.165, 1.54) is 18.2 Å². The highest BCUT2D eigenvalue weighted by Crippen LogP contribution is 2.16. The molecule has 0 bridgehead atoms. The van der Waals surface area contributed by atoms with Crippen LogP contribution in [0.3, 0.4) is 0 Å². The molecule has 1 aromatic rings. The first-order valence-electron chi connectivity index (χ1n) is 6.01. The molecule has 1 heterocycles. The fourth-order valence-electron chi connectivity index (χ4n) is 1.99. The number of hydrogen-bond acceptors (Lipinski definition) is 2. The molecule has 1 atom stereocenters. The molecule has 0 aliphatic carbocycles. The largest absolute Gasteiger partial charge is 0.378 e. The van der Waals surface area contributed by atoms with Gasteiger partial charge >= 0.3 is 0 Å². The van der Waals surface area contributed by atoms with E-state index < -0.39 is 11.7 Å². The number of amides is 1. The van der Waals surface area contributed by atoms with Gasteiger partial charge in [0.15, 0.2) is 0 Å². The minimum Gasteiger partial charge on any atom is -0.378 e. The molecule has 1 fully saturated rings. The molecule has 18 heavy (non-hydrogen) atoms. The molecule has 1 aromatic carbocycles. The minimum atomic E-state index is -0.561. The maximum Gasteiger partial charge on any atom is 0.254 e. The molecule has 0 radical (unpaired) electrons. The van der Waals surface area contributed by atoms with Crippen molar-refractivity contribution >= 4 is 17.5 Å². The summed E-state index contributed by atoms with van der Waals surface area (Å²) in [6, 6.07) is 3.94. The number of nitrogens with one attached hydrogen (secondary N) is 1. The van der Waals surface area contributed by atoms with Crippen molar-refractivity contribution in [2.75, 3.05) is 13.2 Å². The molecule has 1 amide bonds. The van der Waals surface area contributed by atoms with Crippen LogP contribution in [0.15, 0.2) is 18.2 Å². The first-order valence-corrected chi connectivity index (χ1v) is 6.39. The van der Waals surface area contributed by atoms with Gasteiger partial charge in [-0.05, 0) is 37.5 Å². The van der Waals surface area contributed by atoms with E-state index in [4.69, 9.17) is 16.3 Å². The fraction of sp³-hybridized carbons (Fsp3) is 0.462. The van der Waals surface area contributed by atoms with Gasteiger partial charge in [0, 0.05) is 18.2 Å². The highest BCUT2D eigenvalue weighted by atomic mass is 35.5. The number of ether oxygens (including phenoxy) is 1. The van der Waals surface area contributed by atoms with Crippen molar-refractivity contribution in [1.82, 2.24) is 5.32 Å². The van der Waals surface area contributed by atoms with Gasteiger partial charge in [0.25, 0.3) is 5.91 Å². The van der Waals surface area contributed by atoms with Crippen LogP contribution in [0.2, 0.25) is 5.02 Å². The minimum absolute atomic E-state index is 0.0187. The molecule has 1 aliphatic rings. The molecular formula is C13H15ClFNO2. The highest BCUT2D eigenvalue weighted by molar-refractivity contribution is 6.30. The molecule has 5 heteroatoms. The monoisotopic (exact) mass is 271 g/mol. The van der Waals surface area contributed by atoms with Crippen LogP contribution in [0.1, 0.15) is 29.6 Å². The third kappa shape index (κ3) is 3.43. The van der Waals surface area contributed by atoms with Crippen LogP contribution in [0.5, 0.6) is 0 Å². The molecular weight excluding hydrogens is 257 g/mol. The Hall–Kier alpha value is -1.13. The van der Waals surface area contributed by atoms with E-state index in [1.807, 2.05) is 0 Å². The van der Waals surface area contributed by atoms with Crippen molar-refractivity contribution < 1.29 is 13.9 Å². The summed E-state index contributed by atoms with van der Waals surface area (Å²) in [5, 5.41) is 3.02. The average molecular weight is 272 g/mol. The zero-order valence-corrected chi connectivity index (χ0v) is 10.7. The van der Waals surface area contributed by atoms with Crippen molar-refractivity contribution in [2.24, 2.45) is 0 Å². The Kier molecular flexibility index (Phi) is 4.55. The lowest BCUT2D eigenvalue weighted by Crippen LogP contribution is -2.27. The van der Waals surface area contributed by atoms with E-state index >= 15 is 0 Å². The summed E-state index contributed by atoms with van der Waals surface area (Å²) in [6.45, 7) is 1.27. The zero-order valence-electron chi connectivity index (χ0n) is 9.92. The van der Waals surface area contributed by atoms with Gasteiger partial charge in [-0.1, -0.05) is 11.6 Å². The topological polar surface area (TPSA) is 38.3 Å². The predicted octanol–water partition coefficient (Wildman–Crippen LogP) is 2.78. The number of hydrogen-bond donors (Lipinski definition) is 1. The summed E-state index contributed by atoms with van der Waals surface area (Å²) >= 11 is 5.73. The quantitative estimate of drug-likeness (QED) is 0.914. The molecule has 98 valence electrons. The van der Waals surface area contributed by atoms with Gasteiger partial charge in [-0.2, -0.15) is 0 Å². The number of carbonyl (C=O) groups excluding carboxylic acids is 1. The number of carbonyl (C=O) groups is 1. The van der Waals surface area contributed by atoms with E-state index in [0.29, 0.717) is 11.6 Å². The second kappa shape index (κ2) is 6.16. The van der Waals surface area contributed by atoms with Crippen molar-refractivity contribution in [3.8, 4) is 0 Å². The molecule has 0 spiro atoms. The molecule has 0 unspecified atom stereocenters. The second-order valence-electron chi connectivity index (χ2n) is 4.30. The van der Waals surface area contributed by atoms with Gasteiger partial charge in [-0.25, -0.2) is 4.39 Å². The van der Waals surface area contributed by atoms with Gasteiger partial charge in [0.1, 0.15) is 5.82 Å². The summed E-state index contributed by atoms with van der Waals surface area (Å²) in [4.78, 5) is 11.7. The Morgan fingerprint density at radius 3 is 3.11 bits per heavy atom. The molecule has 0 aromatic heterocycles. The van der Waals surface area contributed by atoms with E-state index in [9.17, 15) is 9.18 Å². The van der Waals surface area contributed by atoms with E-state index in [0.717, 1.165) is 25.9 Å². The Bertz CT molecular complexity index is 433. The highest BCUT2D eigenvalue weighted by Gasteiger charge is 2.16. The lowest BCUT2D eigenvalue weighted by molar-refractivity contribution is 0.0904. The van der Waals surface area contributed by atoms with Crippen LogP contribution in [-0.2, 0) is 4.74 Å². The lowest BCUT2D eigenvalue weighted by atomic mass is 10.1. The fourth-order valence-corrected chi connectivity index (χ4v) is 2.16. The van der Waals surface area contributed by atoms with Crippen molar-refractivity contribution in [1.29, 1.82) is 0 Å². The van der Waals surface area contributed by atoms with Crippen molar-refractivity contribution in [3.05, 3.63) is 34.6 Å². The number of benzene rings is 1. The van der Waals surface area contributed by atoms with Crippen molar-refractivity contribution in [3.63, 3.8) is 0 Å².